The van der Waals surface area contributed by atoms with E-state index >= 15 is 0 Å². The third-order valence-corrected chi connectivity index (χ3v) is 5.14. The maximum atomic E-state index is 11.8. The maximum Gasteiger partial charge on any atom is 0.411 e. The van der Waals surface area contributed by atoms with Crippen LogP contribution in [0, 0.1) is 6.92 Å². The van der Waals surface area contributed by atoms with Crippen LogP contribution in [0.25, 0.3) is 16.9 Å². The van der Waals surface area contributed by atoms with Crippen molar-refractivity contribution in [3.8, 4) is 17.0 Å². The molecule has 0 aliphatic carbocycles. The number of nitrogens with zero attached hydrogens (tertiary/aromatic N) is 4. The largest absolute Gasteiger partial charge is 0.507 e. The lowest BCUT2D eigenvalue weighted by Crippen LogP contribution is -2.43. The second kappa shape index (κ2) is 7.96. The Morgan fingerprint density at radius 1 is 1.34 bits per heavy atom. The van der Waals surface area contributed by atoms with Crippen molar-refractivity contribution < 1.29 is 14.6 Å². The van der Waals surface area contributed by atoms with Crippen molar-refractivity contribution in [3.05, 3.63) is 42.1 Å². The van der Waals surface area contributed by atoms with E-state index in [0.29, 0.717) is 24.3 Å². The van der Waals surface area contributed by atoms with Crippen LogP contribution in [0.15, 0.2) is 36.5 Å². The third-order valence-electron chi connectivity index (χ3n) is 5.14. The fourth-order valence-electron chi connectivity index (χ4n) is 3.58. The lowest BCUT2D eigenvalue weighted by Gasteiger charge is -2.32. The summed E-state index contributed by atoms with van der Waals surface area (Å²) in [5.74, 6) is 0.975. The average Bonchev–Trinajstić information content (AvgIpc) is 3.10. The number of benzene rings is 1. The summed E-state index contributed by atoms with van der Waals surface area (Å²) in [6.07, 6.45) is 2.95. The van der Waals surface area contributed by atoms with Gasteiger partial charge >= 0.3 is 6.09 Å². The number of phenolic OH excluding ortho intramolecular Hbond substituents is 1. The van der Waals surface area contributed by atoms with Gasteiger partial charge in [0.25, 0.3) is 0 Å². The summed E-state index contributed by atoms with van der Waals surface area (Å²) in [5.41, 5.74) is 8.30. The van der Waals surface area contributed by atoms with Crippen LogP contribution in [0.2, 0.25) is 0 Å². The molecule has 0 unspecified atom stereocenters. The smallest absolute Gasteiger partial charge is 0.411 e. The molecule has 0 bridgehead atoms. The van der Waals surface area contributed by atoms with E-state index in [1.165, 1.54) is 0 Å². The fraction of sp³-hybridized carbons (Fsp3) is 0.350. The number of hydrogen-bond acceptors (Lipinski definition) is 7. The lowest BCUT2D eigenvalue weighted by molar-refractivity contribution is 0.0961. The highest BCUT2D eigenvalue weighted by atomic mass is 16.6. The standard InChI is InChI=1S/C20H24N6O3/c1-13-11-22-26-18(23-14-6-8-25(9-7-14)20(28)29-12-21)10-16(24-19(13)26)15-4-2-3-5-17(15)27/h2-5,10-11,14,23,27H,6-9,12,21H2,1H3. The molecule has 1 aliphatic rings. The van der Waals surface area contributed by atoms with Gasteiger partial charge in [0, 0.05) is 36.3 Å². The number of amides is 1. The van der Waals surface area contributed by atoms with Gasteiger partial charge in [0.2, 0.25) is 0 Å². The molecule has 1 aliphatic heterocycles. The summed E-state index contributed by atoms with van der Waals surface area (Å²) in [6.45, 7) is 3.03. The normalized spacial score (nSPS) is 14.9. The summed E-state index contributed by atoms with van der Waals surface area (Å²) in [6, 6.07) is 9.20. The molecule has 1 saturated heterocycles. The number of carbonyl (C=O) groups excluding carboxylic acids is 1. The first kappa shape index (κ1) is 19.0. The van der Waals surface area contributed by atoms with Crippen molar-refractivity contribution in [2.24, 2.45) is 5.73 Å². The molecule has 1 aromatic carbocycles. The zero-order chi connectivity index (χ0) is 20.4. The van der Waals surface area contributed by atoms with Crippen LogP contribution in [-0.2, 0) is 4.74 Å². The summed E-state index contributed by atoms with van der Waals surface area (Å²) >= 11 is 0. The van der Waals surface area contributed by atoms with Crippen LogP contribution in [0.1, 0.15) is 18.4 Å². The summed E-state index contributed by atoms with van der Waals surface area (Å²) in [4.78, 5) is 18.2. The molecule has 152 valence electrons. The average molecular weight is 396 g/mol. The molecular weight excluding hydrogens is 372 g/mol. The molecule has 9 heteroatoms. The number of anilines is 1. The predicted molar refractivity (Wildman–Crippen MR) is 109 cm³/mol. The van der Waals surface area contributed by atoms with Gasteiger partial charge in [-0.2, -0.15) is 9.61 Å². The summed E-state index contributed by atoms with van der Waals surface area (Å²) < 4.78 is 6.64. The second-order valence-corrected chi connectivity index (χ2v) is 7.09. The quantitative estimate of drug-likeness (QED) is 0.579. The number of phenols is 1. The van der Waals surface area contributed by atoms with E-state index in [2.05, 4.69) is 10.4 Å². The maximum absolute atomic E-state index is 11.8. The van der Waals surface area contributed by atoms with Crippen molar-refractivity contribution in [2.45, 2.75) is 25.8 Å². The number of rotatable bonds is 4. The molecule has 4 N–H and O–H groups in total. The number of aromatic hydroxyl groups is 1. The van der Waals surface area contributed by atoms with Crippen LogP contribution in [0.5, 0.6) is 5.75 Å². The Balaban J connectivity index is 1.59. The Hall–Kier alpha value is -3.33. The van der Waals surface area contributed by atoms with E-state index in [4.69, 9.17) is 15.5 Å². The van der Waals surface area contributed by atoms with Gasteiger partial charge in [-0.1, -0.05) is 12.1 Å². The number of aromatic nitrogens is 3. The van der Waals surface area contributed by atoms with Crippen molar-refractivity contribution in [1.29, 1.82) is 0 Å². The second-order valence-electron chi connectivity index (χ2n) is 7.09. The Labute approximate surface area is 168 Å². The first-order valence-corrected chi connectivity index (χ1v) is 9.59. The van der Waals surface area contributed by atoms with Crippen LogP contribution >= 0.6 is 0 Å². The molecule has 4 rings (SSSR count). The van der Waals surface area contributed by atoms with E-state index in [-0.39, 0.29) is 24.6 Å². The van der Waals surface area contributed by atoms with Gasteiger partial charge in [-0.3, -0.25) is 5.73 Å². The van der Waals surface area contributed by atoms with Gasteiger partial charge in [-0.05, 0) is 31.9 Å². The zero-order valence-corrected chi connectivity index (χ0v) is 16.2. The van der Waals surface area contributed by atoms with E-state index in [1.807, 2.05) is 25.1 Å². The highest BCUT2D eigenvalue weighted by Gasteiger charge is 2.24. The highest BCUT2D eigenvalue weighted by Crippen LogP contribution is 2.30. The Morgan fingerprint density at radius 3 is 2.83 bits per heavy atom. The highest BCUT2D eigenvalue weighted by molar-refractivity contribution is 5.72. The van der Waals surface area contributed by atoms with Gasteiger partial charge in [-0.25, -0.2) is 9.78 Å². The van der Waals surface area contributed by atoms with Crippen LogP contribution in [-0.4, -0.2) is 56.6 Å². The molecular formula is C20H24N6O3. The summed E-state index contributed by atoms with van der Waals surface area (Å²) in [7, 11) is 0. The SMILES string of the molecule is Cc1cnn2c(NC3CCN(C(=O)OCN)CC3)cc(-c3ccccc3O)nc12. The number of ether oxygens (including phenoxy) is 1. The van der Waals surface area contributed by atoms with Gasteiger partial charge in [-0.15, -0.1) is 0 Å². The van der Waals surface area contributed by atoms with E-state index in [1.54, 1.807) is 27.7 Å². The molecule has 3 aromatic rings. The molecule has 9 nitrogen and oxygen atoms in total. The van der Waals surface area contributed by atoms with Crippen molar-refractivity contribution in [3.63, 3.8) is 0 Å². The minimum Gasteiger partial charge on any atom is -0.507 e. The molecule has 3 heterocycles. The van der Waals surface area contributed by atoms with Gasteiger partial charge in [0.15, 0.2) is 5.65 Å². The molecule has 0 spiro atoms. The van der Waals surface area contributed by atoms with Crippen molar-refractivity contribution >= 4 is 17.6 Å². The van der Waals surface area contributed by atoms with Gasteiger partial charge < -0.3 is 20.1 Å². The number of nitrogens with two attached hydrogens (primary N) is 1. The summed E-state index contributed by atoms with van der Waals surface area (Å²) in [5, 5.41) is 18.2. The van der Waals surface area contributed by atoms with E-state index in [9.17, 15) is 9.90 Å². The first-order valence-electron chi connectivity index (χ1n) is 9.59. The monoisotopic (exact) mass is 396 g/mol. The first-order chi connectivity index (χ1) is 14.1. The molecule has 0 saturated carbocycles. The van der Waals surface area contributed by atoms with Crippen molar-refractivity contribution in [2.75, 3.05) is 25.1 Å². The molecule has 2 aromatic heterocycles. The van der Waals surface area contributed by atoms with E-state index in [0.717, 1.165) is 29.9 Å². The van der Waals surface area contributed by atoms with Crippen molar-refractivity contribution in [1.82, 2.24) is 19.5 Å². The van der Waals surface area contributed by atoms with Gasteiger partial charge in [0.05, 0.1) is 11.9 Å². The molecule has 0 radical (unpaired) electrons. The minimum atomic E-state index is -0.373. The zero-order valence-electron chi connectivity index (χ0n) is 16.2. The minimum absolute atomic E-state index is 0.111. The number of piperidine rings is 1. The Bertz CT molecular complexity index is 1030. The molecule has 0 atom stereocenters. The Kier molecular flexibility index (Phi) is 5.22. The number of nitrogens with one attached hydrogen (secondary N) is 1. The molecule has 29 heavy (non-hydrogen) atoms. The molecule has 1 fully saturated rings. The van der Waals surface area contributed by atoms with Crippen LogP contribution in [0.4, 0.5) is 10.6 Å². The molecule has 1 amide bonds. The van der Waals surface area contributed by atoms with Crippen LogP contribution in [0.3, 0.4) is 0 Å². The number of hydrogen-bond donors (Lipinski definition) is 3. The Morgan fingerprint density at radius 2 is 2.10 bits per heavy atom. The topological polar surface area (TPSA) is 118 Å². The van der Waals surface area contributed by atoms with Crippen LogP contribution < -0.4 is 11.1 Å². The number of likely N-dealkylation sites (tertiary alicyclic amines) is 1. The van der Waals surface area contributed by atoms with E-state index < -0.39 is 0 Å². The fourth-order valence-corrected chi connectivity index (χ4v) is 3.58. The number of para-hydroxylation sites is 1. The number of carbonyl (C=O) groups is 1. The lowest BCUT2D eigenvalue weighted by atomic mass is 10.1. The number of aryl methyl sites for hydroxylation is 1. The third kappa shape index (κ3) is 3.81. The number of fused-ring (bicyclic) bond motifs is 1. The predicted octanol–water partition coefficient (Wildman–Crippen LogP) is 2.34. The van der Waals surface area contributed by atoms with Gasteiger partial charge in [0.1, 0.15) is 18.3 Å².